The van der Waals surface area contributed by atoms with Gasteiger partial charge in [0.05, 0.1) is 4.90 Å². The van der Waals surface area contributed by atoms with Gasteiger partial charge in [-0.1, -0.05) is 6.07 Å². The maximum atomic E-state index is 12.0. The van der Waals surface area contributed by atoms with Crippen LogP contribution in [0.15, 0.2) is 29.2 Å². The number of carbonyl (C=O) groups is 1. The van der Waals surface area contributed by atoms with Crippen molar-refractivity contribution in [1.29, 1.82) is 0 Å². The normalized spacial score (nSPS) is 18.8. The summed E-state index contributed by atoms with van der Waals surface area (Å²) < 4.78 is 28.6. The van der Waals surface area contributed by atoms with Gasteiger partial charge >= 0.3 is 6.09 Å². The predicted octanol–water partition coefficient (Wildman–Crippen LogP) is 2.51. The first-order valence-corrected chi connectivity index (χ1v) is 9.48. The zero-order valence-electron chi connectivity index (χ0n) is 14.0. The lowest BCUT2D eigenvalue weighted by molar-refractivity contribution is 0.0293. The number of hydrogen-bond acceptors (Lipinski definition) is 5. The molecule has 0 radical (unpaired) electrons. The average molecular weight is 340 g/mol. The van der Waals surface area contributed by atoms with Gasteiger partial charge in [-0.05, 0) is 45.4 Å². The van der Waals surface area contributed by atoms with Gasteiger partial charge in [-0.3, -0.25) is 0 Å². The topological polar surface area (TPSA) is 75.7 Å². The fraction of sp³-hybridized carbons (Fsp3) is 0.562. The molecular weight excluding hydrogens is 316 g/mol. The summed E-state index contributed by atoms with van der Waals surface area (Å²) in [6.45, 7) is 6.69. The van der Waals surface area contributed by atoms with Crippen molar-refractivity contribution in [3.8, 4) is 0 Å². The Kier molecular flexibility index (Phi) is 4.89. The number of benzene rings is 1. The Morgan fingerprint density at radius 1 is 1.35 bits per heavy atom. The molecule has 0 bridgehead atoms. The highest BCUT2D eigenvalue weighted by atomic mass is 32.2. The maximum Gasteiger partial charge on any atom is 0.410 e. The lowest BCUT2D eigenvalue weighted by Gasteiger charge is -2.24. The number of anilines is 1. The first-order chi connectivity index (χ1) is 10.5. The molecule has 1 saturated heterocycles. The quantitative estimate of drug-likeness (QED) is 0.915. The molecule has 0 aromatic heterocycles. The fourth-order valence-electron chi connectivity index (χ4n) is 2.42. The van der Waals surface area contributed by atoms with E-state index in [1.165, 1.54) is 6.26 Å². The van der Waals surface area contributed by atoms with Gasteiger partial charge in [-0.15, -0.1) is 0 Å². The van der Waals surface area contributed by atoms with E-state index in [-0.39, 0.29) is 17.0 Å². The van der Waals surface area contributed by atoms with Crippen molar-refractivity contribution in [2.24, 2.45) is 0 Å². The predicted molar refractivity (Wildman–Crippen MR) is 89.4 cm³/mol. The molecule has 128 valence electrons. The second-order valence-electron chi connectivity index (χ2n) is 6.86. The third-order valence-corrected chi connectivity index (χ3v) is 4.58. The highest BCUT2D eigenvalue weighted by molar-refractivity contribution is 7.90. The Bertz CT molecular complexity index is 680. The first-order valence-electron chi connectivity index (χ1n) is 7.59. The van der Waals surface area contributed by atoms with E-state index in [2.05, 4.69) is 5.32 Å². The second kappa shape index (κ2) is 6.39. The van der Waals surface area contributed by atoms with Crippen LogP contribution >= 0.6 is 0 Å². The van der Waals surface area contributed by atoms with Crippen molar-refractivity contribution in [1.82, 2.24) is 4.90 Å². The van der Waals surface area contributed by atoms with Crippen LogP contribution in [-0.4, -0.2) is 50.4 Å². The number of rotatable bonds is 3. The van der Waals surface area contributed by atoms with Crippen LogP contribution in [0.1, 0.15) is 27.2 Å². The number of ether oxygens (including phenoxy) is 1. The van der Waals surface area contributed by atoms with Gasteiger partial charge < -0.3 is 15.0 Å². The molecule has 6 nitrogen and oxygen atoms in total. The standard InChI is InChI=1S/C16H24N2O4S/c1-16(2,3)22-15(19)18-9-8-13(11-18)17-12-6-5-7-14(10-12)23(4,20)21/h5-7,10,13,17H,8-9,11H2,1-4H3. The van der Waals surface area contributed by atoms with Crippen molar-refractivity contribution in [3.63, 3.8) is 0 Å². The average Bonchev–Trinajstić information content (AvgIpc) is 2.85. The lowest BCUT2D eigenvalue weighted by Crippen LogP contribution is -2.36. The summed E-state index contributed by atoms with van der Waals surface area (Å²) in [5.74, 6) is 0. The van der Waals surface area contributed by atoms with Gasteiger partial charge in [0.15, 0.2) is 9.84 Å². The molecule has 0 spiro atoms. The smallest absolute Gasteiger partial charge is 0.410 e. The Balaban J connectivity index is 1.97. The Morgan fingerprint density at radius 2 is 2.04 bits per heavy atom. The molecule has 0 aliphatic carbocycles. The molecule has 1 amide bonds. The minimum absolute atomic E-state index is 0.0809. The van der Waals surface area contributed by atoms with Crippen LogP contribution in [0, 0.1) is 0 Å². The number of nitrogens with zero attached hydrogens (tertiary/aromatic N) is 1. The van der Waals surface area contributed by atoms with Crippen molar-refractivity contribution in [2.45, 2.75) is 43.7 Å². The molecule has 1 fully saturated rings. The van der Waals surface area contributed by atoms with E-state index >= 15 is 0 Å². The zero-order valence-corrected chi connectivity index (χ0v) is 14.8. The third-order valence-electron chi connectivity index (χ3n) is 3.47. The molecule has 2 rings (SSSR count). The highest BCUT2D eigenvalue weighted by Crippen LogP contribution is 2.20. The minimum Gasteiger partial charge on any atom is -0.444 e. The highest BCUT2D eigenvalue weighted by Gasteiger charge is 2.29. The number of nitrogens with one attached hydrogen (secondary N) is 1. The van der Waals surface area contributed by atoms with Crippen LogP contribution in [-0.2, 0) is 14.6 Å². The molecule has 1 N–H and O–H groups in total. The molecule has 1 heterocycles. The van der Waals surface area contributed by atoms with Crippen LogP contribution in [0.3, 0.4) is 0 Å². The summed E-state index contributed by atoms with van der Waals surface area (Å²) >= 11 is 0. The fourth-order valence-corrected chi connectivity index (χ4v) is 3.09. The Hall–Kier alpha value is -1.76. The SMILES string of the molecule is CC(C)(C)OC(=O)N1CCC(Nc2cccc(S(C)(=O)=O)c2)C1. The molecule has 23 heavy (non-hydrogen) atoms. The van der Waals surface area contributed by atoms with E-state index in [9.17, 15) is 13.2 Å². The molecule has 1 atom stereocenters. The summed E-state index contributed by atoms with van der Waals surface area (Å²) in [6, 6.07) is 6.80. The number of amides is 1. The summed E-state index contributed by atoms with van der Waals surface area (Å²) in [7, 11) is -3.23. The monoisotopic (exact) mass is 340 g/mol. The third kappa shape index (κ3) is 5.13. The molecule has 1 aliphatic heterocycles. The van der Waals surface area contributed by atoms with Gasteiger partial charge in [-0.25, -0.2) is 13.2 Å². The number of carbonyl (C=O) groups excluding carboxylic acids is 1. The molecular formula is C16H24N2O4S. The molecule has 1 aromatic carbocycles. The van der Waals surface area contributed by atoms with E-state index < -0.39 is 15.4 Å². The van der Waals surface area contributed by atoms with Crippen LogP contribution in [0.2, 0.25) is 0 Å². The molecule has 1 aromatic rings. The number of likely N-dealkylation sites (tertiary alicyclic amines) is 1. The van der Waals surface area contributed by atoms with Crippen LogP contribution in [0.4, 0.5) is 10.5 Å². The summed E-state index contributed by atoms with van der Waals surface area (Å²) in [6.07, 6.45) is 1.67. The number of hydrogen-bond donors (Lipinski definition) is 1. The van der Waals surface area contributed by atoms with E-state index in [4.69, 9.17) is 4.74 Å². The molecule has 0 saturated carbocycles. The Morgan fingerprint density at radius 3 is 2.65 bits per heavy atom. The maximum absolute atomic E-state index is 12.0. The van der Waals surface area contributed by atoms with Crippen LogP contribution in [0.5, 0.6) is 0 Å². The second-order valence-corrected chi connectivity index (χ2v) is 8.87. The molecule has 7 heteroatoms. The van der Waals surface area contributed by atoms with Gasteiger partial charge in [-0.2, -0.15) is 0 Å². The Labute approximate surface area is 137 Å². The summed E-state index contributed by atoms with van der Waals surface area (Å²) in [5.41, 5.74) is 0.232. The van der Waals surface area contributed by atoms with E-state index in [0.29, 0.717) is 13.1 Å². The van der Waals surface area contributed by atoms with Crippen molar-refractivity contribution in [2.75, 3.05) is 24.7 Å². The summed E-state index contributed by atoms with van der Waals surface area (Å²) in [4.78, 5) is 14.0. The van der Waals surface area contributed by atoms with Gasteiger partial charge in [0.2, 0.25) is 0 Å². The minimum atomic E-state index is -3.23. The molecule has 1 unspecified atom stereocenters. The lowest BCUT2D eigenvalue weighted by atomic mass is 10.2. The van der Waals surface area contributed by atoms with Crippen molar-refractivity contribution < 1.29 is 17.9 Å². The van der Waals surface area contributed by atoms with E-state index in [0.717, 1.165) is 12.1 Å². The zero-order chi connectivity index (χ0) is 17.3. The van der Waals surface area contributed by atoms with Gasteiger partial charge in [0.1, 0.15) is 5.60 Å². The van der Waals surface area contributed by atoms with Crippen molar-refractivity contribution in [3.05, 3.63) is 24.3 Å². The number of sulfone groups is 1. The van der Waals surface area contributed by atoms with Crippen LogP contribution in [0.25, 0.3) is 0 Å². The molecule has 1 aliphatic rings. The van der Waals surface area contributed by atoms with E-state index in [1.54, 1.807) is 23.1 Å². The summed E-state index contributed by atoms with van der Waals surface area (Å²) in [5, 5.41) is 3.29. The van der Waals surface area contributed by atoms with E-state index in [1.807, 2.05) is 26.8 Å². The van der Waals surface area contributed by atoms with Crippen molar-refractivity contribution >= 4 is 21.6 Å². The van der Waals surface area contributed by atoms with Crippen LogP contribution < -0.4 is 5.32 Å². The van der Waals surface area contributed by atoms with Gasteiger partial charge in [0, 0.05) is 31.1 Å². The largest absolute Gasteiger partial charge is 0.444 e. The van der Waals surface area contributed by atoms with Gasteiger partial charge in [0.25, 0.3) is 0 Å². The first kappa shape index (κ1) is 17.6.